The van der Waals surface area contributed by atoms with Gasteiger partial charge in [-0.25, -0.2) is 0 Å². The molecule has 0 saturated heterocycles. The van der Waals surface area contributed by atoms with Crippen molar-refractivity contribution in [1.29, 1.82) is 0 Å². The van der Waals surface area contributed by atoms with Crippen molar-refractivity contribution in [2.75, 3.05) is 22.9 Å². The number of benzene rings is 4. The summed E-state index contributed by atoms with van der Waals surface area (Å²) in [6.07, 6.45) is -8.80. The zero-order valence-corrected chi connectivity index (χ0v) is 25.0. The summed E-state index contributed by atoms with van der Waals surface area (Å²) in [5.41, 5.74) is 23.3. The lowest BCUT2D eigenvalue weighted by Crippen LogP contribution is -2.06. The summed E-state index contributed by atoms with van der Waals surface area (Å²) in [5, 5.41) is 1.16. The van der Waals surface area contributed by atoms with Crippen LogP contribution in [0.1, 0.15) is 22.3 Å². The summed E-state index contributed by atoms with van der Waals surface area (Å²) >= 11 is 22.1. The second kappa shape index (κ2) is 15.9. The van der Waals surface area contributed by atoms with Crippen molar-refractivity contribution in [3.63, 3.8) is 0 Å². The van der Waals surface area contributed by atoms with E-state index in [4.69, 9.17) is 69.3 Å². The monoisotopic (exact) mass is 672 g/mol. The van der Waals surface area contributed by atoms with Crippen molar-refractivity contribution in [2.24, 2.45) is 0 Å². The van der Waals surface area contributed by atoms with Gasteiger partial charge in [0.2, 0.25) is 0 Å². The van der Waals surface area contributed by atoms with E-state index in [1.165, 1.54) is 6.07 Å². The molecule has 8 N–H and O–H groups in total. The molecular formula is C28H26Cl4F6N4. The molecule has 228 valence electrons. The highest BCUT2D eigenvalue weighted by Gasteiger charge is 2.33. The second-order valence-corrected chi connectivity index (χ2v) is 10.1. The number of anilines is 4. The molecular weight excluding hydrogens is 648 g/mol. The van der Waals surface area contributed by atoms with Crippen LogP contribution in [-0.4, -0.2) is 0 Å². The molecule has 0 amide bonds. The van der Waals surface area contributed by atoms with E-state index in [-0.39, 0.29) is 21.4 Å². The molecule has 14 heteroatoms. The van der Waals surface area contributed by atoms with E-state index >= 15 is 0 Å². The molecule has 4 aromatic rings. The van der Waals surface area contributed by atoms with Gasteiger partial charge in [0.25, 0.3) is 0 Å². The van der Waals surface area contributed by atoms with Gasteiger partial charge in [0.1, 0.15) is 0 Å². The minimum Gasteiger partial charge on any atom is -0.399 e. The van der Waals surface area contributed by atoms with E-state index in [0.717, 1.165) is 52.2 Å². The Kier molecular flexibility index (Phi) is 13.9. The summed E-state index contributed by atoms with van der Waals surface area (Å²) in [6.45, 7) is 3.86. The number of alkyl halides is 6. The number of halogens is 10. The maximum Gasteiger partial charge on any atom is 0.417 e. The molecule has 0 aliphatic carbocycles. The minimum atomic E-state index is -4.44. The van der Waals surface area contributed by atoms with Gasteiger partial charge in [-0.1, -0.05) is 58.5 Å². The zero-order chi connectivity index (χ0) is 32.4. The number of hydrogen-bond donors (Lipinski definition) is 4. The Morgan fingerprint density at radius 1 is 0.548 bits per heavy atom. The molecule has 4 rings (SSSR count). The average Bonchev–Trinajstić information content (AvgIpc) is 2.88. The minimum absolute atomic E-state index is 0.0479. The number of para-hydroxylation sites is 1. The number of nitrogens with two attached hydrogens (primary N) is 4. The number of aryl methyl sites for hydroxylation is 2. The first kappa shape index (κ1) is 36.8. The maximum atomic E-state index is 12.1. The van der Waals surface area contributed by atoms with Crippen molar-refractivity contribution < 1.29 is 26.3 Å². The third-order valence-corrected chi connectivity index (χ3v) is 6.36. The fraction of sp³-hybridized carbons (Fsp3) is 0.143. The lowest BCUT2D eigenvalue weighted by molar-refractivity contribution is -0.138. The van der Waals surface area contributed by atoms with Crippen LogP contribution in [0.4, 0.5) is 49.1 Å². The second-order valence-electron chi connectivity index (χ2n) is 8.44. The molecule has 0 spiro atoms. The van der Waals surface area contributed by atoms with E-state index < -0.39 is 23.5 Å². The Bertz CT molecular complexity index is 1460. The number of hydrogen-bond acceptors (Lipinski definition) is 4. The summed E-state index contributed by atoms with van der Waals surface area (Å²) in [7, 11) is 0. The topological polar surface area (TPSA) is 104 Å². The van der Waals surface area contributed by atoms with Gasteiger partial charge in [0, 0.05) is 16.4 Å². The predicted molar refractivity (Wildman–Crippen MR) is 163 cm³/mol. The molecule has 0 atom stereocenters. The van der Waals surface area contributed by atoms with Crippen LogP contribution in [-0.2, 0) is 12.4 Å². The Labute approximate surface area is 259 Å². The highest BCUT2D eigenvalue weighted by molar-refractivity contribution is 6.33. The Balaban J connectivity index is 0.000000283. The summed E-state index contributed by atoms with van der Waals surface area (Å²) in [5.74, 6) is 0. The average molecular weight is 674 g/mol. The van der Waals surface area contributed by atoms with Crippen LogP contribution in [0.3, 0.4) is 0 Å². The fourth-order valence-corrected chi connectivity index (χ4v) is 3.55. The zero-order valence-electron chi connectivity index (χ0n) is 22.0. The third kappa shape index (κ3) is 12.4. The molecule has 0 radical (unpaired) electrons. The highest BCUT2D eigenvalue weighted by atomic mass is 35.5. The quantitative estimate of drug-likeness (QED) is 0.110. The highest BCUT2D eigenvalue weighted by Crippen LogP contribution is 2.35. The Morgan fingerprint density at radius 2 is 1.14 bits per heavy atom. The molecule has 0 aliphatic rings. The van der Waals surface area contributed by atoms with Crippen LogP contribution in [0.5, 0.6) is 0 Å². The maximum absolute atomic E-state index is 12.1. The number of rotatable bonds is 0. The van der Waals surface area contributed by atoms with Crippen LogP contribution in [0.2, 0.25) is 20.1 Å². The molecule has 4 aromatic carbocycles. The predicted octanol–water partition coefficient (Wildman–Crippen LogP) is 10.3. The summed E-state index contributed by atoms with van der Waals surface area (Å²) < 4.78 is 72.3. The fourth-order valence-electron chi connectivity index (χ4n) is 2.76. The van der Waals surface area contributed by atoms with E-state index in [1.807, 2.05) is 32.0 Å². The molecule has 0 bridgehead atoms. The van der Waals surface area contributed by atoms with Crippen molar-refractivity contribution in [2.45, 2.75) is 26.2 Å². The van der Waals surface area contributed by atoms with Crippen molar-refractivity contribution >= 4 is 69.2 Å². The molecule has 0 unspecified atom stereocenters. The Hall–Kier alpha value is -3.18. The molecule has 0 aromatic heterocycles. The first-order valence-electron chi connectivity index (χ1n) is 11.5. The lowest BCUT2D eigenvalue weighted by Gasteiger charge is -2.08. The first-order chi connectivity index (χ1) is 19.2. The first-order valence-corrected chi connectivity index (χ1v) is 13.0. The van der Waals surface area contributed by atoms with E-state index in [2.05, 4.69) is 0 Å². The van der Waals surface area contributed by atoms with Gasteiger partial charge in [-0.05, 0) is 85.6 Å². The van der Waals surface area contributed by atoms with Crippen LogP contribution in [0.25, 0.3) is 0 Å². The lowest BCUT2D eigenvalue weighted by atomic mass is 10.2. The van der Waals surface area contributed by atoms with Gasteiger partial charge in [0.05, 0.1) is 37.6 Å². The SMILES string of the molecule is Cc1cc(Cl)ccc1N.Cc1cccc(Cl)c1N.Nc1cc(C(F)(F)F)ccc1Cl.Nc1ccc(Cl)c(C(F)(F)F)c1. The smallest absolute Gasteiger partial charge is 0.399 e. The molecule has 42 heavy (non-hydrogen) atoms. The standard InChI is InChI=1S/2C7H5ClF3N.2C7H8ClN/c8-6-2-1-4(12)3-5(6)7(9,10)11;8-5-2-1-4(3-6(5)12)7(9,10)11;1-5-4-6(8)2-3-7(5)9;1-5-3-2-4-6(8)7(5)9/h2*1-3H,12H2;2*2-4H,9H2,1H3. The normalized spacial score (nSPS) is 10.8. The van der Waals surface area contributed by atoms with Gasteiger partial charge in [0.15, 0.2) is 0 Å². The molecule has 0 saturated carbocycles. The Morgan fingerprint density at radius 3 is 1.57 bits per heavy atom. The van der Waals surface area contributed by atoms with Gasteiger partial charge in [-0.2, -0.15) is 26.3 Å². The largest absolute Gasteiger partial charge is 0.417 e. The molecule has 4 nitrogen and oxygen atoms in total. The summed E-state index contributed by atoms with van der Waals surface area (Å²) in [4.78, 5) is 0. The van der Waals surface area contributed by atoms with Gasteiger partial charge in [-0.15, -0.1) is 0 Å². The van der Waals surface area contributed by atoms with Gasteiger partial charge >= 0.3 is 12.4 Å². The van der Waals surface area contributed by atoms with Crippen molar-refractivity contribution in [3.8, 4) is 0 Å². The van der Waals surface area contributed by atoms with Crippen LogP contribution >= 0.6 is 46.4 Å². The van der Waals surface area contributed by atoms with E-state index in [9.17, 15) is 26.3 Å². The van der Waals surface area contributed by atoms with Gasteiger partial charge in [-0.3, -0.25) is 0 Å². The van der Waals surface area contributed by atoms with Gasteiger partial charge < -0.3 is 22.9 Å². The molecule has 0 aliphatic heterocycles. The summed E-state index contributed by atoms with van der Waals surface area (Å²) in [6, 6.07) is 17.1. The van der Waals surface area contributed by atoms with E-state index in [1.54, 1.807) is 18.2 Å². The van der Waals surface area contributed by atoms with Crippen molar-refractivity contribution in [1.82, 2.24) is 0 Å². The van der Waals surface area contributed by atoms with Crippen LogP contribution < -0.4 is 22.9 Å². The van der Waals surface area contributed by atoms with Crippen LogP contribution in [0.15, 0.2) is 72.8 Å². The third-order valence-electron chi connectivity index (χ3n) is 5.12. The number of nitrogen functional groups attached to an aromatic ring is 4. The van der Waals surface area contributed by atoms with Crippen LogP contribution in [0, 0.1) is 13.8 Å². The van der Waals surface area contributed by atoms with E-state index in [0.29, 0.717) is 10.7 Å². The van der Waals surface area contributed by atoms with Crippen molar-refractivity contribution in [3.05, 3.63) is 115 Å². The molecule has 0 heterocycles. The molecule has 0 fully saturated rings.